The van der Waals surface area contributed by atoms with Gasteiger partial charge < -0.3 is 14.6 Å². The number of nitrogens with one attached hydrogen (secondary N) is 2. The van der Waals surface area contributed by atoms with E-state index in [1.807, 2.05) is 45.0 Å². The lowest BCUT2D eigenvalue weighted by molar-refractivity contribution is -0.136. The molecule has 1 heterocycles. The van der Waals surface area contributed by atoms with E-state index in [2.05, 4.69) is 15.8 Å². The number of amides is 2. The first-order chi connectivity index (χ1) is 11.8. The third-order valence-corrected chi connectivity index (χ3v) is 3.57. The number of nitrogens with zero attached hydrogens (tertiary/aromatic N) is 1. The van der Waals surface area contributed by atoms with E-state index in [0.29, 0.717) is 18.7 Å². The Kier molecular flexibility index (Phi) is 5.80. The molecule has 2 N–H and O–H groups in total. The van der Waals surface area contributed by atoms with Crippen molar-refractivity contribution in [3.05, 3.63) is 41.7 Å². The Morgan fingerprint density at radius 3 is 2.56 bits per heavy atom. The Balaban J connectivity index is 1.84. The Labute approximate surface area is 146 Å². The third kappa shape index (κ3) is 5.07. The molecule has 0 radical (unpaired) electrons. The average molecular weight is 345 g/mol. The molecule has 0 saturated carbocycles. The molecule has 0 aliphatic rings. The van der Waals surface area contributed by atoms with Gasteiger partial charge in [-0.25, -0.2) is 0 Å². The Morgan fingerprint density at radius 2 is 1.92 bits per heavy atom. The molecule has 2 aromatic rings. The van der Waals surface area contributed by atoms with E-state index < -0.39 is 11.8 Å². The van der Waals surface area contributed by atoms with E-state index in [9.17, 15) is 9.59 Å². The molecule has 1 aromatic carbocycles. The summed E-state index contributed by atoms with van der Waals surface area (Å²) in [7, 11) is 1.59. The van der Waals surface area contributed by atoms with Crippen molar-refractivity contribution in [2.45, 2.75) is 32.6 Å². The van der Waals surface area contributed by atoms with Crippen molar-refractivity contribution in [3.63, 3.8) is 0 Å². The van der Waals surface area contributed by atoms with E-state index in [1.165, 1.54) is 0 Å². The van der Waals surface area contributed by atoms with Crippen molar-refractivity contribution in [1.29, 1.82) is 0 Å². The summed E-state index contributed by atoms with van der Waals surface area (Å²) in [6.07, 6.45) is 0.557. The van der Waals surface area contributed by atoms with E-state index >= 15 is 0 Å². The molecule has 25 heavy (non-hydrogen) atoms. The second-order valence-electron chi connectivity index (χ2n) is 6.60. The summed E-state index contributed by atoms with van der Waals surface area (Å²) >= 11 is 0. The number of para-hydroxylation sites is 1. The van der Waals surface area contributed by atoms with Crippen LogP contribution in [0, 0.1) is 0 Å². The third-order valence-electron chi connectivity index (χ3n) is 3.57. The van der Waals surface area contributed by atoms with Crippen molar-refractivity contribution < 1.29 is 18.8 Å². The van der Waals surface area contributed by atoms with Crippen LogP contribution in [-0.2, 0) is 21.4 Å². The molecule has 0 unspecified atom stereocenters. The van der Waals surface area contributed by atoms with E-state index in [1.54, 1.807) is 13.2 Å². The molecule has 0 spiro atoms. The highest BCUT2D eigenvalue weighted by Crippen LogP contribution is 2.24. The zero-order chi connectivity index (χ0) is 18.4. The summed E-state index contributed by atoms with van der Waals surface area (Å²) in [6, 6.07) is 9.14. The van der Waals surface area contributed by atoms with Gasteiger partial charge in [0.25, 0.3) is 0 Å². The second kappa shape index (κ2) is 7.83. The number of aromatic nitrogens is 1. The van der Waals surface area contributed by atoms with E-state index in [0.717, 1.165) is 11.3 Å². The number of carbonyl (C=O) groups excluding carboxylic acids is 2. The molecule has 0 bridgehead atoms. The van der Waals surface area contributed by atoms with Crippen molar-refractivity contribution in [1.82, 2.24) is 10.5 Å². The molecule has 7 heteroatoms. The van der Waals surface area contributed by atoms with Crippen molar-refractivity contribution in [3.8, 4) is 5.75 Å². The van der Waals surface area contributed by atoms with Crippen LogP contribution in [-0.4, -0.2) is 30.6 Å². The van der Waals surface area contributed by atoms with Gasteiger partial charge in [0.2, 0.25) is 0 Å². The maximum absolute atomic E-state index is 11.9. The maximum atomic E-state index is 11.9. The highest BCUT2D eigenvalue weighted by atomic mass is 16.5. The maximum Gasteiger partial charge on any atom is 0.314 e. The first kappa shape index (κ1) is 18.5. The van der Waals surface area contributed by atoms with Crippen LogP contribution in [0.25, 0.3) is 0 Å². The smallest absolute Gasteiger partial charge is 0.314 e. The summed E-state index contributed by atoms with van der Waals surface area (Å²) in [5.74, 6) is 0.0803. The predicted octanol–water partition coefficient (Wildman–Crippen LogP) is 2.28. The average Bonchev–Trinajstić information content (AvgIpc) is 3.04. The lowest BCUT2D eigenvalue weighted by atomic mass is 9.93. The number of benzene rings is 1. The van der Waals surface area contributed by atoms with Gasteiger partial charge in [0.1, 0.15) is 11.5 Å². The van der Waals surface area contributed by atoms with Crippen LogP contribution in [0.15, 0.2) is 34.9 Å². The lowest BCUT2D eigenvalue weighted by Crippen LogP contribution is -2.36. The number of carbonyl (C=O) groups is 2. The monoisotopic (exact) mass is 345 g/mol. The number of methoxy groups -OCH3 is 1. The van der Waals surface area contributed by atoms with Gasteiger partial charge in [-0.05, 0) is 18.1 Å². The highest BCUT2D eigenvalue weighted by Gasteiger charge is 2.21. The van der Waals surface area contributed by atoms with Crippen LogP contribution in [0.2, 0.25) is 0 Å². The molecular weight excluding hydrogens is 322 g/mol. The van der Waals surface area contributed by atoms with Crippen molar-refractivity contribution in [2.24, 2.45) is 0 Å². The van der Waals surface area contributed by atoms with Gasteiger partial charge in [-0.2, -0.15) is 0 Å². The lowest BCUT2D eigenvalue weighted by Gasteiger charge is -2.12. The largest absolute Gasteiger partial charge is 0.496 e. The summed E-state index contributed by atoms with van der Waals surface area (Å²) in [5, 5.41) is 8.75. The number of ether oxygens (including phenoxy) is 1. The zero-order valence-corrected chi connectivity index (χ0v) is 14.9. The fraction of sp³-hybridized carbons (Fsp3) is 0.389. The Bertz CT molecular complexity index is 747. The Morgan fingerprint density at radius 1 is 1.20 bits per heavy atom. The molecule has 0 atom stereocenters. The van der Waals surface area contributed by atoms with Gasteiger partial charge in [-0.3, -0.25) is 14.9 Å². The minimum absolute atomic E-state index is 0.217. The number of rotatable bonds is 5. The number of anilines is 1. The molecule has 0 saturated heterocycles. The molecule has 0 fully saturated rings. The van der Waals surface area contributed by atoms with Gasteiger partial charge in [0, 0.05) is 18.0 Å². The first-order valence-electron chi connectivity index (χ1n) is 7.99. The summed E-state index contributed by atoms with van der Waals surface area (Å²) in [4.78, 5) is 23.8. The van der Waals surface area contributed by atoms with Crippen LogP contribution in [0.3, 0.4) is 0 Å². The zero-order valence-electron chi connectivity index (χ0n) is 14.9. The molecule has 1 aromatic heterocycles. The summed E-state index contributed by atoms with van der Waals surface area (Å²) in [5.41, 5.74) is 0.726. The van der Waals surface area contributed by atoms with Crippen LogP contribution in [0.5, 0.6) is 5.75 Å². The van der Waals surface area contributed by atoms with Crippen LogP contribution in [0.1, 0.15) is 32.1 Å². The Hall–Kier alpha value is -2.83. The molecule has 7 nitrogen and oxygen atoms in total. The van der Waals surface area contributed by atoms with E-state index in [4.69, 9.17) is 9.26 Å². The molecule has 134 valence electrons. The first-order valence-corrected chi connectivity index (χ1v) is 7.99. The van der Waals surface area contributed by atoms with Crippen molar-refractivity contribution in [2.75, 3.05) is 19.0 Å². The van der Waals surface area contributed by atoms with Crippen molar-refractivity contribution >= 4 is 17.6 Å². The molecule has 2 rings (SSSR count). The fourth-order valence-electron chi connectivity index (χ4n) is 2.16. The van der Waals surface area contributed by atoms with Gasteiger partial charge in [0.05, 0.1) is 7.11 Å². The topological polar surface area (TPSA) is 93.5 Å². The summed E-state index contributed by atoms with van der Waals surface area (Å²) in [6.45, 7) is 6.20. The van der Waals surface area contributed by atoms with Crippen LogP contribution < -0.4 is 15.4 Å². The standard InChI is InChI=1S/C18H23N3O4/c1-18(2,3)14-11-15(21-25-14)20-17(23)16(22)19-10-9-12-7-5-6-8-13(12)24-4/h5-8,11H,9-10H2,1-4H3,(H,19,22)(H,20,21,23). The quantitative estimate of drug-likeness (QED) is 0.811. The van der Waals surface area contributed by atoms with Crippen LogP contribution >= 0.6 is 0 Å². The number of hydrogen-bond acceptors (Lipinski definition) is 5. The van der Waals surface area contributed by atoms with Gasteiger partial charge in [-0.15, -0.1) is 0 Å². The normalized spacial score (nSPS) is 11.0. The predicted molar refractivity (Wildman–Crippen MR) is 93.5 cm³/mol. The minimum Gasteiger partial charge on any atom is -0.496 e. The molecular formula is C18H23N3O4. The molecule has 2 amide bonds. The van der Waals surface area contributed by atoms with Gasteiger partial charge in [0.15, 0.2) is 5.82 Å². The van der Waals surface area contributed by atoms with Crippen LogP contribution in [0.4, 0.5) is 5.82 Å². The molecule has 0 aliphatic carbocycles. The second-order valence-corrected chi connectivity index (χ2v) is 6.60. The van der Waals surface area contributed by atoms with E-state index in [-0.39, 0.29) is 11.2 Å². The minimum atomic E-state index is -0.784. The SMILES string of the molecule is COc1ccccc1CCNC(=O)C(=O)Nc1cc(C(C)(C)C)on1. The molecule has 0 aliphatic heterocycles. The summed E-state index contributed by atoms with van der Waals surface area (Å²) < 4.78 is 10.4. The fourth-order valence-corrected chi connectivity index (χ4v) is 2.16. The van der Waals surface area contributed by atoms with Gasteiger partial charge in [-0.1, -0.05) is 44.1 Å². The highest BCUT2D eigenvalue weighted by molar-refractivity contribution is 6.39. The van der Waals surface area contributed by atoms with Gasteiger partial charge >= 0.3 is 11.8 Å². The number of hydrogen-bond donors (Lipinski definition) is 2.